The normalized spacial score (nSPS) is 12.4. The molecule has 0 fully saturated rings. The molecule has 0 saturated heterocycles. The molecule has 96 valence electrons. The van der Waals surface area contributed by atoms with E-state index in [0.717, 1.165) is 5.56 Å². The molecule has 0 amide bonds. The molecule has 0 saturated carbocycles. The van der Waals surface area contributed by atoms with Gasteiger partial charge in [0.25, 0.3) is 0 Å². The van der Waals surface area contributed by atoms with Crippen molar-refractivity contribution in [3.05, 3.63) is 46.3 Å². The number of esters is 1. The molecule has 5 heteroatoms. The summed E-state index contributed by atoms with van der Waals surface area (Å²) in [7, 11) is 0. The van der Waals surface area contributed by atoms with Crippen LogP contribution in [0, 0.1) is 0 Å². The Morgan fingerprint density at radius 1 is 1.39 bits per heavy atom. The number of azide groups is 1. The van der Waals surface area contributed by atoms with E-state index in [4.69, 9.17) is 10.3 Å². The van der Waals surface area contributed by atoms with Crippen molar-refractivity contribution in [2.75, 3.05) is 0 Å². The Hall–Kier alpha value is -2.00. The minimum absolute atomic E-state index is 0.347. The third-order valence-electron chi connectivity index (χ3n) is 2.14. The minimum atomic E-state index is -0.823. The second-order valence-electron chi connectivity index (χ2n) is 4.94. The SMILES string of the molecule is CC(C)(C)OC(=O)C(Cc1ccccc1)N=[N+]=[N-]. The molecule has 0 bridgehead atoms. The molecule has 18 heavy (non-hydrogen) atoms. The summed E-state index contributed by atoms with van der Waals surface area (Å²) >= 11 is 0. The van der Waals surface area contributed by atoms with Crippen LogP contribution in [-0.4, -0.2) is 17.6 Å². The van der Waals surface area contributed by atoms with Crippen LogP contribution in [0.5, 0.6) is 0 Å². The molecule has 1 rings (SSSR count). The van der Waals surface area contributed by atoms with Crippen molar-refractivity contribution in [3.63, 3.8) is 0 Å². The summed E-state index contributed by atoms with van der Waals surface area (Å²) in [4.78, 5) is 14.6. The topological polar surface area (TPSA) is 75.1 Å². The van der Waals surface area contributed by atoms with Gasteiger partial charge in [-0.1, -0.05) is 35.4 Å². The fourth-order valence-electron chi connectivity index (χ4n) is 1.44. The van der Waals surface area contributed by atoms with E-state index in [-0.39, 0.29) is 0 Å². The van der Waals surface area contributed by atoms with Gasteiger partial charge in [0.2, 0.25) is 0 Å². The van der Waals surface area contributed by atoms with E-state index in [2.05, 4.69) is 10.0 Å². The van der Waals surface area contributed by atoms with Crippen LogP contribution in [-0.2, 0) is 16.0 Å². The minimum Gasteiger partial charge on any atom is -0.460 e. The standard InChI is InChI=1S/C13H17N3O2/c1-13(2,3)18-12(17)11(15-16-14)9-10-7-5-4-6-8-10/h4-8,11H,9H2,1-3H3. The number of hydrogen-bond acceptors (Lipinski definition) is 3. The second-order valence-corrected chi connectivity index (χ2v) is 4.94. The third-order valence-corrected chi connectivity index (χ3v) is 2.14. The molecule has 0 spiro atoms. The fourth-order valence-corrected chi connectivity index (χ4v) is 1.44. The van der Waals surface area contributed by atoms with Crippen LogP contribution in [0.3, 0.4) is 0 Å². The first-order valence-electron chi connectivity index (χ1n) is 5.73. The Balaban J connectivity index is 2.77. The quantitative estimate of drug-likeness (QED) is 0.354. The maximum Gasteiger partial charge on any atom is 0.315 e. The third kappa shape index (κ3) is 4.89. The zero-order chi connectivity index (χ0) is 13.6. The van der Waals surface area contributed by atoms with Crippen LogP contribution in [0.2, 0.25) is 0 Å². The Kier molecular flexibility index (Phi) is 4.75. The first-order valence-corrected chi connectivity index (χ1v) is 5.73. The summed E-state index contributed by atoms with van der Waals surface area (Å²) < 4.78 is 5.22. The number of rotatable bonds is 4. The van der Waals surface area contributed by atoms with E-state index < -0.39 is 17.6 Å². The predicted molar refractivity (Wildman–Crippen MR) is 68.9 cm³/mol. The molecule has 0 aliphatic heterocycles. The van der Waals surface area contributed by atoms with Crippen LogP contribution in [0.4, 0.5) is 0 Å². The van der Waals surface area contributed by atoms with E-state index in [9.17, 15) is 4.79 Å². The molecule has 5 nitrogen and oxygen atoms in total. The van der Waals surface area contributed by atoms with Gasteiger partial charge in [0.15, 0.2) is 0 Å². The highest BCUT2D eigenvalue weighted by Crippen LogP contribution is 2.13. The number of carbonyl (C=O) groups is 1. The van der Waals surface area contributed by atoms with Gasteiger partial charge in [-0.05, 0) is 38.3 Å². The lowest BCUT2D eigenvalue weighted by atomic mass is 10.1. The van der Waals surface area contributed by atoms with Crippen LogP contribution in [0.25, 0.3) is 10.4 Å². The Labute approximate surface area is 106 Å². The summed E-state index contributed by atoms with van der Waals surface area (Å²) in [5.41, 5.74) is 8.86. The molecule has 0 N–H and O–H groups in total. The van der Waals surface area contributed by atoms with Gasteiger partial charge in [-0.2, -0.15) is 0 Å². The second kappa shape index (κ2) is 6.07. The van der Waals surface area contributed by atoms with Gasteiger partial charge in [0.05, 0.1) is 0 Å². The van der Waals surface area contributed by atoms with E-state index in [1.54, 1.807) is 20.8 Å². The number of nitrogens with zero attached hydrogens (tertiary/aromatic N) is 3. The Bertz CT molecular complexity index is 445. The van der Waals surface area contributed by atoms with Crippen LogP contribution in [0.15, 0.2) is 35.4 Å². The van der Waals surface area contributed by atoms with Crippen LogP contribution >= 0.6 is 0 Å². The molecule has 0 aliphatic carbocycles. The molecule has 1 aromatic rings. The van der Waals surface area contributed by atoms with Gasteiger partial charge in [-0.25, -0.2) is 0 Å². The largest absolute Gasteiger partial charge is 0.460 e. The van der Waals surface area contributed by atoms with Gasteiger partial charge < -0.3 is 4.74 Å². The monoisotopic (exact) mass is 247 g/mol. The number of benzene rings is 1. The predicted octanol–water partition coefficient (Wildman–Crippen LogP) is 3.25. The van der Waals surface area contributed by atoms with Crippen molar-refractivity contribution in [3.8, 4) is 0 Å². The van der Waals surface area contributed by atoms with E-state index >= 15 is 0 Å². The maximum absolute atomic E-state index is 11.9. The summed E-state index contributed by atoms with van der Waals surface area (Å²) in [6.45, 7) is 5.34. The highest BCUT2D eigenvalue weighted by Gasteiger charge is 2.24. The van der Waals surface area contributed by atoms with Crippen molar-refractivity contribution in [1.29, 1.82) is 0 Å². The smallest absolute Gasteiger partial charge is 0.315 e. The Morgan fingerprint density at radius 3 is 2.50 bits per heavy atom. The lowest BCUT2D eigenvalue weighted by Gasteiger charge is -2.22. The summed E-state index contributed by atoms with van der Waals surface area (Å²) in [5, 5.41) is 3.51. The average Bonchev–Trinajstić information content (AvgIpc) is 2.27. The Morgan fingerprint density at radius 2 is 2.00 bits per heavy atom. The maximum atomic E-state index is 11.9. The van der Waals surface area contributed by atoms with Gasteiger partial charge in [0.1, 0.15) is 11.6 Å². The van der Waals surface area contributed by atoms with Crippen molar-refractivity contribution < 1.29 is 9.53 Å². The van der Waals surface area contributed by atoms with Gasteiger partial charge in [-0.15, -0.1) is 0 Å². The highest BCUT2D eigenvalue weighted by atomic mass is 16.6. The fraction of sp³-hybridized carbons (Fsp3) is 0.462. The zero-order valence-corrected chi connectivity index (χ0v) is 10.8. The van der Waals surface area contributed by atoms with Crippen molar-refractivity contribution in [2.24, 2.45) is 5.11 Å². The van der Waals surface area contributed by atoms with Gasteiger partial charge >= 0.3 is 5.97 Å². The molecule has 0 aliphatic rings. The molecular formula is C13H17N3O2. The van der Waals surface area contributed by atoms with Crippen LogP contribution < -0.4 is 0 Å². The molecule has 1 unspecified atom stereocenters. The lowest BCUT2D eigenvalue weighted by Crippen LogP contribution is -2.31. The molecule has 0 heterocycles. The number of carbonyl (C=O) groups excluding carboxylic acids is 1. The van der Waals surface area contributed by atoms with Crippen LogP contribution in [0.1, 0.15) is 26.3 Å². The first-order chi connectivity index (χ1) is 8.42. The van der Waals surface area contributed by atoms with E-state index in [0.29, 0.717) is 6.42 Å². The average molecular weight is 247 g/mol. The molecule has 1 atom stereocenters. The highest BCUT2D eigenvalue weighted by molar-refractivity contribution is 5.76. The molecular weight excluding hydrogens is 230 g/mol. The van der Waals surface area contributed by atoms with Crippen molar-refractivity contribution >= 4 is 5.97 Å². The van der Waals surface area contributed by atoms with Crippen molar-refractivity contribution in [1.82, 2.24) is 0 Å². The lowest BCUT2D eigenvalue weighted by molar-refractivity contribution is -0.156. The molecule has 0 aromatic heterocycles. The van der Waals surface area contributed by atoms with Gasteiger partial charge in [0, 0.05) is 4.91 Å². The summed E-state index contributed by atoms with van der Waals surface area (Å²) in [6.07, 6.45) is 0.347. The molecule has 0 radical (unpaired) electrons. The first kappa shape index (κ1) is 14.1. The number of ether oxygens (including phenoxy) is 1. The van der Waals surface area contributed by atoms with E-state index in [1.165, 1.54) is 0 Å². The van der Waals surface area contributed by atoms with Crippen molar-refractivity contribution in [2.45, 2.75) is 38.8 Å². The van der Waals surface area contributed by atoms with E-state index in [1.807, 2.05) is 30.3 Å². The summed E-state index contributed by atoms with van der Waals surface area (Å²) in [6, 6.07) is 8.57. The number of hydrogen-bond donors (Lipinski definition) is 0. The summed E-state index contributed by atoms with van der Waals surface area (Å²) in [5.74, 6) is -0.496. The zero-order valence-electron chi connectivity index (χ0n) is 10.8. The van der Waals surface area contributed by atoms with Gasteiger partial charge in [-0.3, -0.25) is 4.79 Å². The molecule has 1 aromatic carbocycles.